The number of likely N-dealkylation sites (tertiary alicyclic amines) is 1. The second-order valence-corrected chi connectivity index (χ2v) is 7.17. The monoisotopic (exact) mass is 303 g/mol. The first kappa shape index (κ1) is 19.2. The van der Waals surface area contributed by atoms with E-state index in [4.69, 9.17) is 0 Å². The average Bonchev–Trinajstić information content (AvgIpc) is 2.73. The van der Waals surface area contributed by atoms with Crippen molar-refractivity contribution in [1.82, 2.24) is 4.90 Å². The van der Waals surface area contributed by atoms with E-state index in [-0.39, 0.29) is 0 Å². The van der Waals surface area contributed by atoms with Gasteiger partial charge in [0.2, 0.25) is 0 Å². The molecule has 0 unspecified atom stereocenters. The molecule has 22 heavy (non-hydrogen) atoms. The summed E-state index contributed by atoms with van der Waals surface area (Å²) in [6, 6.07) is 0. The highest BCUT2D eigenvalue weighted by Crippen LogP contribution is 2.13. The molecular formula is C21H37N. The molecule has 1 saturated heterocycles. The summed E-state index contributed by atoms with van der Waals surface area (Å²) in [5.41, 5.74) is 4.52. The van der Waals surface area contributed by atoms with Crippen LogP contribution >= 0.6 is 0 Å². The van der Waals surface area contributed by atoms with E-state index in [9.17, 15) is 0 Å². The largest absolute Gasteiger partial charge is 0.300 e. The molecule has 0 radical (unpaired) electrons. The zero-order chi connectivity index (χ0) is 16.2. The number of allylic oxidation sites excluding steroid dienone is 5. The molecule has 0 N–H and O–H groups in total. The third-order valence-corrected chi connectivity index (χ3v) is 4.52. The Balaban J connectivity index is 2.21. The van der Waals surface area contributed by atoms with E-state index in [2.05, 4.69) is 50.8 Å². The minimum Gasteiger partial charge on any atom is -0.300 e. The third kappa shape index (κ3) is 10.00. The van der Waals surface area contributed by atoms with Crippen LogP contribution in [0.5, 0.6) is 0 Å². The predicted molar refractivity (Wildman–Crippen MR) is 100 cm³/mol. The topological polar surface area (TPSA) is 3.24 Å². The molecule has 0 aromatic heterocycles. The number of rotatable bonds is 8. The van der Waals surface area contributed by atoms with Gasteiger partial charge in [-0.3, -0.25) is 4.90 Å². The maximum Gasteiger partial charge on any atom is 0.0165 e. The van der Waals surface area contributed by atoms with Crippen molar-refractivity contribution in [2.75, 3.05) is 19.6 Å². The van der Waals surface area contributed by atoms with Crippen molar-refractivity contribution in [3.05, 3.63) is 34.9 Å². The molecule has 0 aromatic rings. The van der Waals surface area contributed by atoms with Gasteiger partial charge >= 0.3 is 0 Å². The first-order valence-corrected chi connectivity index (χ1v) is 9.25. The molecule has 0 aliphatic carbocycles. The summed E-state index contributed by atoms with van der Waals surface area (Å²) in [5.74, 6) is 0. The van der Waals surface area contributed by atoms with E-state index in [0.717, 1.165) is 6.54 Å². The van der Waals surface area contributed by atoms with Crippen LogP contribution in [0.2, 0.25) is 0 Å². The summed E-state index contributed by atoms with van der Waals surface area (Å²) in [6.45, 7) is 12.7. The first-order valence-electron chi connectivity index (χ1n) is 9.25. The fourth-order valence-corrected chi connectivity index (χ4v) is 2.94. The quantitative estimate of drug-likeness (QED) is 0.477. The fourth-order valence-electron chi connectivity index (χ4n) is 2.94. The number of hydrogen-bond acceptors (Lipinski definition) is 1. The lowest BCUT2D eigenvalue weighted by Gasteiger charge is -2.17. The van der Waals surface area contributed by atoms with Crippen LogP contribution in [0.3, 0.4) is 0 Å². The van der Waals surface area contributed by atoms with E-state index in [1.807, 2.05) is 0 Å². The minimum absolute atomic E-state index is 1.16. The van der Waals surface area contributed by atoms with Crippen LogP contribution in [-0.2, 0) is 0 Å². The number of nitrogens with zero attached hydrogens (tertiary/aromatic N) is 1. The van der Waals surface area contributed by atoms with Gasteiger partial charge in [0.25, 0.3) is 0 Å². The van der Waals surface area contributed by atoms with Crippen LogP contribution in [0.4, 0.5) is 0 Å². The molecule has 0 amide bonds. The first-order chi connectivity index (χ1) is 10.6. The molecule has 1 heterocycles. The standard InChI is InChI=1S/C21H37N/c1-19(2)11-9-12-20(3)13-10-14-21(4)15-18-22-16-7-5-6-8-17-22/h11,13,15H,5-10,12,14,16-18H2,1-4H3. The zero-order valence-corrected chi connectivity index (χ0v) is 15.5. The second kappa shape index (κ2) is 11.7. The fraction of sp³-hybridized carbons (Fsp3) is 0.714. The molecule has 1 nitrogen and oxygen atoms in total. The van der Waals surface area contributed by atoms with Crippen LogP contribution in [0.25, 0.3) is 0 Å². The van der Waals surface area contributed by atoms with E-state index in [1.165, 1.54) is 75.6 Å². The molecule has 0 saturated carbocycles. The lowest BCUT2D eigenvalue weighted by molar-refractivity contribution is 0.315. The molecule has 1 fully saturated rings. The van der Waals surface area contributed by atoms with Gasteiger partial charge < -0.3 is 0 Å². The Hall–Kier alpha value is -0.820. The van der Waals surface area contributed by atoms with E-state index in [0.29, 0.717) is 0 Å². The lowest BCUT2D eigenvalue weighted by atomic mass is 10.1. The van der Waals surface area contributed by atoms with Gasteiger partial charge in [0.05, 0.1) is 0 Å². The summed E-state index contributed by atoms with van der Waals surface area (Å²) in [4.78, 5) is 2.62. The van der Waals surface area contributed by atoms with Gasteiger partial charge in [0.1, 0.15) is 0 Å². The minimum atomic E-state index is 1.16. The summed E-state index contributed by atoms with van der Waals surface area (Å²) in [6.07, 6.45) is 17.7. The van der Waals surface area contributed by atoms with Gasteiger partial charge in [-0.1, -0.05) is 47.8 Å². The lowest BCUT2D eigenvalue weighted by Crippen LogP contribution is -2.24. The second-order valence-electron chi connectivity index (χ2n) is 7.17. The van der Waals surface area contributed by atoms with E-state index >= 15 is 0 Å². The third-order valence-electron chi connectivity index (χ3n) is 4.52. The maximum atomic E-state index is 2.62. The van der Waals surface area contributed by atoms with Crippen molar-refractivity contribution in [2.24, 2.45) is 0 Å². The van der Waals surface area contributed by atoms with Crippen LogP contribution in [-0.4, -0.2) is 24.5 Å². The Morgan fingerprint density at radius 2 is 1.27 bits per heavy atom. The van der Waals surface area contributed by atoms with Gasteiger partial charge in [-0.15, -0.1) is 0 Å². The molecule has 1 aliphatic heterocycles. The zero-order valence-electron chi connectivity index (χ0n) is 15.5. The van der Waals surface area contributed by atoms with Crippen molar-refractivity contribution in [3.63, 3.8) is 0 Å². The van der Waals surface area contributed by atoms with Crippen LogP contribution in [0.15, 0.2) is 34.9 Å². The van der Waals surface area contributed by atoms with Crippen LogP contribution in [0, 0.1) is 0 Å². The summed E-state index contributed by atoms with van der Waals surface area (Å²) in [7, 11) is 0. The van der Waals surface area contributed by atoms with E-state index in [1.54, 1.807) is 5.57 Å². The summed E-state index contributed by atoms with van der Waals surface area (Å²) >= 11 is 0. The average molecular weight is 304 g/mol. The Bertz CT molecular complexity index is 375. The van der Waals surface area contributed by atoms with Crippen molar-refractivity contribution in [1.29, 1.82) is 0 Å². The van der Waals surface area contributed by atoms with Crippen molar-refractivity contribution >= 4 is 0 Å². The highest BCUT2D eigenvalue weighted by atomic mass is 15.1. The maximum absolute atomic E-state index is 2.62. The Morgan fingerprint density at radius 3 is 1.86 bits per heavy atom. The number of hydrogen-bond donors (Lipinski definition) is 0. The van der Waals surface area contributed by atoms with Gasteiger partial charge in [-0.05, 0) is 79.3 Å². The Kier molecular flexibility index (Phi) is 10.2. The molecule has 0 aromatic carbocycles. The molecule has 126 valence electrons. The summed E-state index contributed by atoms with van der Waals surface area (Å²) in [5, 5.41) is 0. The molecule has 0 bridgehead atoms. The van der Waals surface area contributed by atoms with Gasteiger partial charge in [0, 0.05) is 6.54 Å². The molecule has 1 heteroatoms. The molecule has 1 rings (SSSR count). The molecule has 0 atom stereocenters. The van der Waals surface area contributed by atoms with Crippen LogP contribution < -0.4 is 0 Å². The predicted octanol–water partition coefficient (Wildman–Crippen LogP) is 6.28. The molecule has 1 aliphatic rings. The highest BCUT2D eigenvalue weighted by molar-refractivity contribution is 5.05. The molecular weight excluding hydrogens is 266 g/mol. The Labute approximate surface area is 139 Å². The normalized spacial score (nSPS) is 18.2. The molecule has 0 spiro atoms. The van der Waals surface area contributed by atoms with Crippen molar-refractivity contribution in [2.45, 2.75) is 79.1 Å². The van der Waals surface area contributed by atoms with Crippen molar-refractivity contribution < 1.29 is 0 Å². The van der Waals surface area contributed by atoms with Crippen LogP contribution in [0.1, 0.15) is 79.1 Å². The van der Waals surface area contributed by atoms with Gasteiger partial charge in [0.15, 0.2) is 0 Å². The van der Waals surface area contributed by atoms with Crippen molar-refractivity contribution in [3.8, 4) is 0 Å². The smallest absolute Gasteiger partial charge is 0.0165 e. The highest BCUT2D eigenvalue weighted by Gasteiger charge is 2.06. The Morgan fingerprint density at radius 1 is 0.727 bits per heavy atom. The van der Waals surface area contributed by atoms with Gasteiger partial charge in [-0.25, -0.2) is 0 Å². The van der Waals surface area contributed by atoms with E-state index < -0.39 is 0 Å². The summed E-state index contributed by atoms with van der Waals surface area (Å²) < 4.78 is 0. The van der Waals surface area contributed by atoms with Gasteiger partial charge in [-0.2, -0.15) is 0 Å². The SMILES string of the molecule is CC(C)=CCCC(C)=CCCC(C)=CCN1CCCCCC1.